The lowest BCUT2D eigenvalue weighted by Gasteiger charge is -2.18. The van der Waals surface area contributed by atoms with Crippen LogP contribution in [0.1, 0.15) is 316 Å². The number of esters is 3. The highest BCUT2D eigenvalue weighted by atomic mass is 16.6. The molecule has 0 aliphatic rings. The van der Waals surface area contributed by atoms with Gasteiger partial charge >= 0.3 is 17.9 Å². The normalized spacial score (nSPS) is 12.6. The first-order valence-corrected chi connectivity index (χ1v) is 32.1. The molecule has 0 aliphatic carbocycles. The molecule has 75 heavy (non-hydrogen) atoms. The van der Waals surface area contributed by atoms with Crippen molar-refractivity contribution >= 4 is 17.9 Å². The van der Waals surface area contributed by atoms with Gasteiger partial charge < -0.3 is 14.2 Å². The topological polar surface area (TPSA) is 78.9 Å². The van der Waals surface area contributed by atoms with Crippen LogP contribution in [0.5, 0.6) is 0 Å². The summed E-state index contributed by atoms with van der Waals surface area (Å²) in [6.45, 7) is 6.51. The molecule has 6 heteroatoms. The Morgan fingerprint density at radius 2 is 0.520 bits per heavy atom. The Bertz CT molecular complexity index is 1430. The van der Waals surface area contributed by atoms with Gasteiger partial charge in [-0.1, -0.05) is 286 Å². The van der Waals surface area contributed by atoms with Gasteiger partial charge in [0.15, 0.2) is 6.10 Å². The van der Waals surface area contributed by atoms with Crippen molar-refractivity contribution in [3.63, 3.8) is 0 Å². The van der Waals surface area contributed by atoms with E-state index in [2.05, 4.69) is 106 Å². The van der Waals surface area contributed by atoms with Crippen molar-refractivity contribution in [1.29, 1.82) is 0 Å². The van der Waals surface area contributed by atoms with Crippen LogP contribution in [-0.2, 0) is 28.6 Å². The van der Waals surface area contributed by atoms with Crippen LogP contribution in [0.3, 0.4) is 0 Å². The summed E-state index contributed by atoms with van der Waals surface area (Å²) in [4.78, 5) is 38.1. The average molecular weight is 1050 g/mol. The summed E-state index contributed by atoms with van der Waals surface area (Å²) in [5.41, 5.74) is 0. The number of rotatable bonds is 58. The molecule has 0 amide bonds. The molecule has 0 fully saturated rings. The minimum Gasteiger partial charge on any atom is -0.462 e. The second-order valence-corrected chi connectivity index (χ2v) is 21.3. The summed E-state index contributed by atoms with van der Waals surface area (Å²) in [5.74, 6) is -0.878. The monoisotopic (exact) mass is 1040 g/mol. The Morgan fingerprint density at radius 3 is 0.827 bits per heavy atom. The predicted molar refractivity (Wildman–Crippen MR) is 325 cm³/mol. The van der Waals surface area contributed by atoms with Crippen LogP contribution < -0.4 is 0 Å². The highest BCUT2D eigenvalue weighted by Gasteiger charge is 2.19. The number of ether oxygens (including phenoxy) is 3. The molecular formula is C69H120O6. The fourth-order valence-corrected chi connectivity index (χ4v) is 9.09. The third kappa shape index (κ3) is 61.3. The Hall–Kier alpha value is -3.41. The molecule has 0 aliphatic heterocycles. The smallest absolute Gasteiger partial charge is 0.306 e. The van der Waals surface area contributed by atoms with Crippen molar-refractivity contribution < 1.29 is 28.6 Å². The van der Waals surface area contributed by atoms with Crippen LogP contribution in [0.4, 0.5) is 0 Å². The molecule has 6 nitrogen and oxygen atoms in total. The lowest BCUT2D eigenvalue weighted by Crippen LogP contribution is -2.30. The van der Waals surface area contributed by atoms with Gasteiger partial charge in [0.05, 0.1) is 0 Å². The summed E-state index contributed by atoms with van der Waals surface area (Å²) in [5, 5.41) is 0. The third-order valence-electron chi connectivity index (χ3n) is 13.9. The summed E-state index contributed by atoms with van der Waals surface area (Å²) in [6, 6.07) is 0. The van der Waals surface area contributed by atoms with Gasteiger partial charge in [-0.25, -0.2) is 0 Å². The van der Waals surface area contributed by atoms with E-state index < -0.39 is 6.10 Å². The first-order chi connectivity index (χ1) is 37.0. The fraction of sp³-hybridized carbons (Fsp3) is 0.754. The lowest BCUT2D eigenvalue weighted by atomic mass is 10.0. The molecule has 0 aromatic carbocycles. The molecular weight excluding hydrogens is 925 g/mol. The molecule has 0 spiro atoms. The van der Waals surface area contributed by atoms with Gasteiger partial charge in [-0.2, -0.15) is 0 Å². The zero-order chi connectivity index (χ0) is 54.3. The van der Waals surface area contributed by atoms with E-state index in [1.54, 1.807) is 0 Å². The van der Waals surface area contributed by atoms with Gasteiger partial charge in [0, 0.05) is 19.3 Å². The Balaban J connectivity index is 4.08. The van der Waals surface area contributed by atoms with E-state index in [0.29, 0.717) is 19.3 Å². The van der Waals surface area contributed by atoms with Gasteiger partial charge in [-0.15, -0.1) is 0 Å². The maximum Gasteiger partial charge on any atom is 0.306 e. The van der Waals surface area contributed by atoms with E-state index >= 15 is 0 Å². The Morgan fingerprint density at radius 1 is 0.280 bits per heavy atom. The van der Waals surface area contributed by atoms with E-state index in [-0.39, 0.29) is 31.1 Å². The fourth-order valence-electron chi connectivity index (χ4n) is 9.09. The highest BCUT2D eigenvalue weighted by molar-refractivity contribution is 5.71. The van der Waals surface area contributed by atoms with E-state index in [1.807, 2.05) is 0 Å². The second-order valence-electron chi connectivity index (χ2n) is 21.3. The predicted octanol–water partition coefficient (Wildman–Crippen LogP) is 21.9. The standard InChI is InChI=1S/C69H120O6/c1-4-7-10-13-16-19-21-23-25-27-28-29-30-31-32-33-34-35-36-37-38-39-40-41-42-43-45-46-48-50-53-56-59-62-68(71)74-65-66(64-73-67(70)61-58-55-52-18-15-12-9-6-3)75-69(72)63-60-57-54-51-49-47-44-26-24-22-20-17-14-11-8-5-2/h7,10,16,19,23,25-26,28-29,31-32,34-35,44,66H,4-6,8-9,11-15,17-18,20-22,24,27,30,33,36-43,45-65H2,1-3H3/b10-7-,19-16-,25-23-,29-28-,32-31-,35-34-,44-26-. The van der Waals surface area contributed by atoms with Crippen molar-refractivity contribution in [2.24, 2.45) is 0 Å². The van der Waals surface area contributed by atoms with Gasteiger partial charge in [-0.05, 0) is 96.3 Å². The summed E-state index contributed by atoms with van der Waals surface area (Å²) in [6.07, 6.45) is 83.3. The maximum atomic E-state index is 12.8. The van der Waals surface area contributed by atoms with Gasteiger partial charge in [0.1, 0.15) is 13.2 Å². The lowest BCUT2D eigenvalue weighted by molar-refractivity contribution is -0.167. The maximum absolute atomic E-state index is 12.8. The van der Waals surface area contributed by atoms with Crippen LogP contribution in [0, 0.1) is 0 Å². The Labute approximate surface area is 465 Å². The first-order valence-electron chi connectivity index (χ1n) is 32.1. The van der Waals surface area contributed by atoms with Gasteiger partial charge in [0.25, 0.3) is 0 Å². The molecule has 0 N–H and O–H groups in total. The molecule has 432 valence electrons. The van der Waals surface area contributed by atoms with Crippen molar-refractivity contribution in [2.75, 3.05) is 13.2 Å². The van der Waals surface area contributed by atoms with Crippen molar-refractivity contribution in [3.05, 3.63) is 85.1 Å². The van der Waals surface area contributed by atoms with E-state index in [9.17, 15) is 14.4 Å². The number of carbonyl (C=O) groups is 3. The SMILES string of the molecule is CC/C=C\C/C=C\C/C=C\C/C=C\C/C=C\C/C=C\CCCCCCCCCCCCCCCCC(=O)OCC(COC(=O)CCCCCCCCCC)OC(=O)CCCCCCC/C=C\CCCCCCCCC. The molecule has 0 saturated carbocycles. The number of carbonyl (C=O) groups excluding carboxylic acids is 3. The van der Waals surface area contributed by atoms with Crippen molar-refractivity contribution in [1.82, 2.24) is 0 Å². The van der Waals surface area contributed by atoms with Gasteiger partial charge in [-0.3, -0.25) is 14.4 Å². The van der Waals surface area contributed by atoms with Gasteiger partial charge in [0.2, 0.25) is 0 Å². The number of hydrogen-bond donors (Lipinski definition) is 0. The molecule has 1 unspecified atom stereocenters. The van der Waals surface area contributed by atoms with E-state index in [4.69, 9.17) is 14.2 Å². The van der Waals surface area contributed by atoms with Crippen LogP contribution in [0.25, 0.3) is 0 Å². The minimum absolute atomic E-state index is 0.0757. The summed E-state index contributed by atoms with van der Waals surface area (Å²) < 4.78 is 16.8. The average Bonchev–Trinajstić information content (AvgIpc) is 3.41. The van der Waals surface area contributed by atoms with Crippen LogP contribution in [0.15, 0.2) is 85.1 Å². The zero-order valence-corrected chi connectivity index (χ0v) is 49.6. The number of unbranched alkanes of at least 4 members (excludes halogenated alkanes) is 33. The molecule has 0 aromatic rings. The van der Waals surface area contributed by atoms with Crippen LogP contribution in [0.2, 0.25) is 0 Å². The van der Waals surface area contributed by atoms with E-state index in [0.717, 1.165) is 103 Å². The second kappa shape index (κ2) is 63.1. The van der Waals surface area contributed by atoms with Crippen LogP contribution in [-0.4, -0.2) is 37.2 Å². The van der Waals surface area contributed by atoms with Crippen LogP contribution >= 0.6 is 0 Å². The van der Waals surface area contributed by atoms with Crippen molar-refractivity contribution in [2.45, 2.75) is 322 Å². The molecule has 1 atom stereocenters. The number of allylic oxidation sites excluding steroid dienone is 14. The molecule has 0 heterocycles. The largest absolute Gasteiger partial charge is 0.462 e. The number of hydrogen-bond acceptors (Lipinski definition) is 6. The Kier molecular flexibility index (Phi) is 60.3. The molecule has 0 bridgehead atoms. The van der Waals surface area contributed by atoms with E-state index in [1.165, 1.54) is 173 Å². The molecule has 0 rings (SSSR count). The molecule has 0 saturated heterocycles. The zero-order valence-electron chi connectivity index (χ0n) is 49.6. The summed E-state index contributed by atoms with van der Waals surface area (Å²) in [7, 11) is 0. The summed E-state index contributed by atoms with van der Waals surface area (Å²) >= 11 is 0. The third-order valence-corrected chi connectivity index (χ3v) is 13.9. The highest BCUT2D eigenvalue weighted by Crippen LogP contribution is 2.16. The quantitative estimate of drug-likeness (QED) is 0.0261. The molecule has 0 aromatic heterocycles. The first kappa shape index (κ1) is 71.6. The molecule has 0 radical (unpaired) electrons. The minimum atomic E-state index is -0.776. The van der Waals surface area contributed by atoms with Crippen molar-refractivity contribution in [3.8, 4) is 0 Å².